The molecule has 0 aromatic carbocycles. The van der Waals surface area contributed by atoms with E-state index in [4.69, 9.17) is 9.47 Å². The Morgan fingerprint density at radius 1 is 1.07 bits per heavy atom. The van der Waals surface area contributed by atoms with Gasteiger partial charge >= 0.3 is 11.9 Å². The van der Waals surface area contributed by atoms with Crippen LogP contribution in [0.5, 0.6) is 0 Å². The van der Waals surface area contributed by atoms with Gasteiger partial charge in [0.1, 0.15) is 17.1 Å². The number of carbonyl (C=O) groups excluding carboxylic acids is 4. The quantitative estimate of drug-likeness (QED) is 0.454. The summed E-state index contributed by atoms with van der Waals surface area (Å²) in [5.41, 5.74) is 0.723. The molecule has 1 rings (SSSR count). The summed E-state index contributed by atoms with van der Waals surface area (Å²) in [6.07, 6.45) is 1.36. The van der Waals surface area contributed by atoms with E-state index in [1.807, 2.05) is 0 Å². The number of carbonyl (C=O) groups is 4. The third-order valence-corrected chi connectivity index (χ3v) is 4.07. The lowest BCUT2D eigenvalue weighted by Crippen LogP contribution is -2.24. The summed E-state index contributed by atoms with van der Waals surface area (Å²) in [5.74, 6) is -1.22. The number of H-pyrrole nitrogens is 1. The van der Waals surface area contributed by atoms with Crippen molar-refractivity contribution in [1.82, 2.24) is 10.3 Å². The highest BCUT2D eigenvalue weighted by molar-refractivity contribution is 5.98. The van der Waals surface area contributed by atoms with E-state index in [2.05, 4.69) is 10.3 Å². The Bertz CT molecular complexity index is 758. The molecule has 1 aromatic rings. The monoisotopic (exact) mass is 408 g/mol. The van der Waals surface area contributed by atoms with Gasteiger partial charge in [0.15, 0.2) is 0 Å². The van der Waals surface area contributed by atoms with Crippen molar-refractivity contribution >= 4 is 23.6 Å². The highest BCUT2D eigenvalue weighted by Crippen LogP contribution is 2.23. The average Bonchev–Trinajstić information content (AvgIpc) is 2.92. The number of ketones is 1. The van der Waals surface area contributed by atoms with Crippen LogP contribution in [0.4, 0.5) is 0 Å². The summed E-state index contributed by atoms with van der Waals surface area (Å²) in [5, 5.41) is 2.64. The molecule has 1 amide bonds. The minimum atomic E-state index is -0.678. The molecule has 0 bridgehead atoms. The SMILES string of the molecule is CCOC(=O)c1c(CCC(=O)CCCNC(C)=O)[nH]c(C(=O)OC(C)(C)C)c1C. The molecule has 1 heterocycles. The number of hydrogen-bond acceptors (Lipinski definition) is 6. The molecule has 8 nitrogen and oxygen atoms in total. The second-order valence-electron chi connectivity index (χ2n) is 7.83. The summed E-state index contributed by atoms with van der Waals surface area (Å²) in [4.78, 5) is 50.9. The van der Waals surface area contributed by atoms with Crippen LogP contribution in [0.15, 0.2) is 0 Å². The molecule has 0 unspecified atom stereocenters. The Morgan fingerprint density at radius 3 is 2.28 bits per heavy atom. The van der Waals surface area contributed by atoms with Crippen LogP contribution in [0.3, 0.4) is 0 Å². The van der Waals surface area contributed by atoms with Crippen molar-refractivity contribution in [3.8, 4) is 0 Å². The van der Waals surface area contributed by atoms with Crippen molar-refractivity contribution in [3.63, 3.8) is 0 Å². The number of amides is 1. The zero-order valence-electron chi connectivity index (χ0n) is 18.2. The molecule has 0 aliphatic rings. The Morgan fingerprint density at radius 2 is 1.72 bits per heavy atom. The minimum Gasteiger partial charge on any atom is -0.462 e. The number of ether oxygens (including phenoxy) is 2. The molecule has 0 atom stereocenters. The van der Waals surface area contributed by atoms with E-state index in [0.717, 1.165) is 0 Å². The molecular weight excluding hydrogens is 376 g/mol. The topological polar surface area (TPSA) is 115 Å². The second-order valence-corrected chi connectivity index (χ2v) is 7.83. The van der Waals surface area contributed by atoms with Crippen molar-refractivity contribution in [1.29, 1.82) is 0 Å². The van der Waals surface area contributed by atoms with Crippen LogP contribution in [-0.4, -0.2) is 47.4 Å². The van der Waals surface area contributed by atoms with Gasteiger partial charge in [-0.3, -0.25) is 9.59 Å². The zero-order chi connectivity index (χ0) is 22.2. The fraction of sp³-hybridized carbons (Fsp3) is 0.619. The van der Waals surface area contributed by atoms with Gasteiger partial charge in [0.25, 0.3) is 0 Å². The molecule has 0 aliphatic heterocycles. The normalized spacial score (nSPS) is 11.1. The first-order chi connectivity index (χ1) is 13.5. The van der Waals surface area contributed by atoms with Crippen LogP contribution in [0.25, 0.3) is 0 Å². The molecule has 0 saturated carbocycles. The maximum Gasteiger partial charge on any atom is 0.355 e. The predicted molar refractivity (Wildman–Crippen MR) is 108 cm³/mol. The third kappa shape index (κ3) is 8.09. The van der Waals surface area contributed by atoms with Crippen LogP contribution in [0.2, 0.25) is 0 Å². The number of aryl methyl sites for hydroxylation is 1. The van der Waals surface area contributed by atoms with E-state index in [1.165, 1.54) is 6.92 Å². The summed E-state index contributed by atoms with van der Waals surface area (Å²) in [7, 11) is 0. The van der Waals surface area contributed by atoms with E-state index in [9.17, 15) is 19.2 Å². The van der Waals surface area contributed by atoms with Gasteiger partial charge in [0.2, 0.25) is 5.91 Å². The lowest BCUT2D eigenvalue weighted by atomic mass is 10.0. The molecule has 2 N–H and O–H groups in total. The first-order valence-electron chi connectivity index (χ1n) is 9.84. The van der Waals surface area contributed by atoms with Crippen LogP contribution >= 0.6 is 0 Å². The van der Waals surface area contributed by atoms with Crippen molar-refractivity contribution in [3.05, 3.63) is 22.5 Å². The smallest absolute Gasteiger partial charge is 0.355 e. The third-order valence-electron chi connectivity index (χ3n) is 4.07. The van der Waals surface area contributed by atoms with E-state index < -0.39 is 17.5 Å². The van der Waals surface area contributed by atoms with Crippen LogP contribution in [0, 0.1) is 6.92 Å². The number of hydrogen-bond donors (Lipinski definition) is 2. The van der Waals surface area contributed by atoms with E-state index in [1.54, 1.807) is 34.6 Å². The Kier molecular flexibility index (Phi) is 9.07. The molecule has 1 aromatic heterocycles. The Labute approximate surface area is 171 Å². The van der Waals surface area contributed by atoms with Crippen molar-refractivity contribution < 1.29 is 28.7 Å². The van der Waals surface area contributed by atoms with Crippen molar-refractivity contribution in [2.75, 3.05) is 13.2 Å². The standard InChI is InChI=1S/C21H32N2O6/c1-7-28-19(26)17-13(2)18(20(27)29-21(4,5)6)23-16(17)11-10-15(25)9-8-12-22-14(3)24/h23H,7-12H2,1-6H3,(H,22,24). The van der Waals surface area contributed by atoms with Gasteiger partial charge in [-0.1, -0.05) is 0 Å². The molecular formula is C21H32N2O6. The highest BCUT2D eigenvalue weighted by atomic mass is 16.6. The highest BCUT2D eigenvalue weighted by Gasteiger charge is 2.28. The predicted octanol–water partition coefficient (Wildman–Crippen LogP) is 2.87. The Balaban J connectivity index is 2.92. The van der Waals surface area contributed by atoms with Crippen LogP contribution in [0.1, 0.15) is 86.0 Å². The largest absolute Gasteiger partial charge is 0.462 e. The van der Waals surface area contributed by atoms with Crippen molar-refractivity contribution in [2.45, 2.75) is 72.8 Å². The fourth-order valence-corrected chi connectivity index (χ4v) is 2.80. The maximum atomic E-state index is 12.5. The van der Waals surface area contributed by atoms with Gasteiger partial charge in [-0.2, -0.15) is 0 Å². The molecule has 29 heavy (non-hydrogen) atoms. The summed E-state index contributed by atoms with van der Waals surface area (Å²) >= 11 is 0. The van der Waals surface area contributed by atoms with Gasteiger partial charge in [-0.15, -0.1) is 0 Å². The number of rotatable bonds is 10. The zero-order valence-corrected chi connectivity index (χ0v) is 18.2. The molecule has 0 aliphatic carbocycles. The van der Waals surface area contributed by atoms with Gasteiger partial charge in [-0.25, -0.2) is 9.59 Å². The number of aromatic amines is 1. The summed E-state index contributed by atoms with van der Waals surface area (Å²) < 4.78 is 10.5. The van der Waals surface area contributed by atoms with Gasteiger partial charge in [-0.05, 0) is 53.0 Å². The molecule has 8 heteroatoms. The first-order valence-corrected chi connectivity index (χ1v) is 9.84. The van der Waals surface area contributed by atoms with E-state index >= 15 is 0 Å². The van der Waals surface area contributed by atoms with E-state index in [0.29, 0.717) is 30.6 Å². The van der Waals surface area contributed by atoms with Gasteiger partial charge < -0.3 is 19.8 Å². The summed E-state index contributed by atoms with van der Waals surface area (Å²) in [6.45, 7) is 10.7. The maximum absolute atomic E-state index is 12.5. The molecule has 162 valence electrons. The second kappa shape index (κ2) is 10.8. The molecule has 0 radical (unpaired) electrons. The lowest BCUT2D eigenvalue weighted by Gasteiger charge is -2.19. The first kappa shape index (κ1) is 24.4. The average molecular weight is 408 g/mol. The van der Waals surface area contributed by atoms with Crippen LogP contribution < -0.4 is 5.32 Å². The van der Waals surface area contributed by atoms with Crippen molar-refractivity contribution in [2.24, 2.45) is 0 Å². The molecule has 0 fully saturated rings. The Hall–Kier alpha value is -2.64. The van der Waals surface area contributed by atoms with Gasteiger partial charge in [0, 0.05) is 32.0 Å². The number of Topliss-reactive ketones (excluding diaryl/α,β-unsaturated/α-hetero) is 1. The van der Waals surface area contributed by atoms with Gasteiger partial charge in [0.05, 0.1) is 12.2 Å². The summed E-state index contributed by atoms with van der Waals surface area (Å²) in [6, 6.07) is 0. The fourth-order valence-electron chi connectivity index (χ4n) is 2.80. The number of aromatic nitrogens is 1. The number of esters is 2. The molecule has 0 saturated heterocycles. The van der Waals surface area contributed by atoms with E-state index in [-0.39, 0.29) is 42.4 Å². The molecule has 0 spiro atoms. The van der Waals surface area contributed by atoms with Crippen LogP contribution in [-0.2, 0) is 25.5 Å². The lowest BCUT2D eigenvalue weighted by molar-refractivity contribution is -0.120. The minimum absolute atomic E-state index is 0.0104. The number of nitrogens with one attached hydrogen (secondary N) is 2.